The number of nitrogens with one attached hydrogen (secondary N) is 1. The van der Waals surface area contributed by atoms with Crippen LogP contribution in [0.5, 0.6) is 0 Å². The van der Waals surface area contributed by atoms with Crippen LogP contribution in [0.2, 0.25) is 5.02 Å². The molecule has 1 aromatic heterocycles. The average molecular weight is 529 g/mol. The topological polar surface area (TPSA) is 65.5 Å². The standard InChI is InChI=1S/C31H33ClN4O2/c32-27-4-2-1-3-23(27)20-29(37)34-28-8-7-22-5-6-24(19-26(22)28)30(38)35-16-11-31(12-17-35)13-18-36(21-31)25-9-14-33-15-10-25/h1-6,9-10,14-15,19,28H,7-8,11-13,16-18,20-21H2,(H,34,37). The Hall–Kier alpha value is -3.38. The van der Waals surface area contributed by atoms with Crippen LogP contribution < -0.4 is 10.2 Å². The van der Waals surface area contributed by atoms with Crippen LogP contribution in [0.1, 0.15) is 58.8 Å². The quantitative estimate of drug-likeness (QED) is 0.493. The number of pyridine rings is 1. The van der Waals surface area contributed by atoms with E-state index in [1.807, 2.05) is 47.6 Å². The van der Waals surface area contributed by atoms with Gasteiger partial charge in [0.05, 0.1) is 12.5 Å². The SMILES string of the molecule is O=C(Cc1ccccc1Cl)NC1CCc2ccc(C(=O)N3CCC4(CC3)CCN(c3ccncc3)C4)cc21. The van der Waals surface area contributed by atoms with Crippen molar-refractivity contribution in [3.8, 4) is 0 Å². The first kappa shape index (κ1) is 24.9. The van der Waals surface area contributed by atoms with Gasteiger partial charge in [0, 0.05) is 54.8 Å². The van der Waals surface area contributed by atoms with E-state index >= 15 is 0 Å². The van der Waals surface area contributed by atoms with Gasteiger partial charge in [-0.1, -0.05) is 35.9 Å². The fraction of sp³-hybridized carbons (Fsp3) is 0.387. The molecule has 1 spiro atoms. The second kappa shape index (κ2) is 10.4. The number of piperidine rings is 1. The molecule has 1 atom stereocenters. The summed E-state index contributed by atoms with van der Waals surface area (Å²) in [7, 11) is 0. The molecular weight excluding hydrogens is 496 g/mol. The summed E-state index contributed by atoms with van der Waals surface area (Å²) in [5, 5.41) is 3.78. The van der Waals surface area contributed by atoms with Crippen LogP contribution in [-0.2, 0) is 17.6 Å². The number of hydrogen-bond acceptors (Lipinski definition) is 4. The van der Waals surface area contributed by atoms with E-state index < -0.39 is 0 Å². The number of likely N-dealkylation sites (tertiary alicyclic amines) is 1. The van der Waals surface area contributed by atoms with E-state index in [-0.39, 0.29) is 29.7 Å². The number of aromatic nitrogens is 1. The summed E-state index contributed by atoms with van der Waals surface area (Å²) in [5.41, 5.74) is 5.35. The van der Waals surface area contributed by atoms with Crippen molar-refractivity contribution in [3.63, 3.8) is 0 Å². The summed E-state index contributed by atoms with van der Waals surface area (Å²) < 4.78 is 0. The van der Waals surface area contributed by atoms with Crippen LogP contribution in [0, 0.1) is 5.41 Å². The molecule has 6 nitrogen and oxygen atoms in total. The molecule has 7 heteroatoms. The second-order valence-corrected chi connectivity index (χ2v) is 11.4. The molecule has 196 valence electrons. The van der Waals surface area contributed by atoms with Crippen LogP contribution in [0.25, 0.3) is 0 Å². The van der Waals surface area contributed by atoms with Crippen LogP contribution in [0.4, 0.5) is 5.69 Å². The maximum absolute atomic E-state index is 13.5. The minimum absolute atomic E-state index is 0.0496. The summed E-state index contributed by atoms with van der Waals surface area (Å²) >= 11 is 6.24. The fourth-order valence-corrected chi connectivity index (χ4v) is 6.63. The van der Waals surface area contributed by atoms with Gasteiger partial charge in [0.1, 0.15) is 0 Å². The van der Waals surface area contributed by atoms with Crippen molar-refractivity contribution in [2.24, 2.45) is 5.41 Å². The first-order valence-electron chi connectivity index (χ1n) is 13.6. The molecule has 0 bridgehead atoms. The zero-order valence-corrected chi connectivity index (χ0v) is 22.3. The lowest BCUT2D eigenvalue weighted by molar-refractivity contribution is -0.121. The number of carbonyl (C=O) groups is 2. The van der Waals surface area contributed by atoms with Gasteiger partial charge in [-0.15, -0.1) is 0 Å². The summed E-state index contributed by atoms with van der Waals surface area (Å²) in [6, 6.07) is 17.6. The molecule has 1 N–H and O–H groups in total. The predicted molar refractivity (Wildman–Crippen MR) is 149 cm³/mol. The van der Waals surface area contributed by atoms with Gasteiger partial charge in [0.2, 0.25) is 5.91 Å². The number of nitrogens with zero attached hydrogens (tertiary/aromatic N) is 3. The summed E-state index contributed by atoms with van der Waals surface area (Å²) in [5.74, 6) is 0.0473. The molecule has 38 heavy (non-hydrogen) atoms. The Balaban J connectivity index is 1.08. The van der Waals surface area contributed by atoms with Crippen molar-refractivity contribution >= 4 is 29.1 Å². The van der Waals surface area contributed by atoms with E-state index in [9.17, 15) is 9.59 Å². The lowest BCUT2D eigenvalue weighted by atomic mass is 9.77. The van der Waals surface area contributed by atoms with Gasteiger partial charge in [-0.3, -0.25) is 14.6 Å². The highest BCUT2D eigenvalue weighted by atomic mass is 35.5. The Morgan fingerprint density at radius 2 is 1.76 bits per heavy atom. The molecular formula is C31H33ClN4O2. The number of hydrogen-bond donors (Lipinski definition) is 1. The molecule has 2 aromatic carbocycles. The van der Waals surface area contributed by atoms with E-state index in [1.54, 1.807) is 6.07 Å². The Morgan fingerprint density at radius 3 is 2.55 bits per heavy atom. The zero-order valence-electron chi connectivity index (χ0n) is 21.5. The first-order chi connectivity index (χ1) is 18.5. The average Bonchev–Trinajstić information content (AvgIpc) is 3.54. The molecule has 0 saturated carbocycles. The lowest BCUT2D eigenvalue weighted by Crippen LogP contribution is -2.44. The third kappa shape index (κ3) is 5.02. The second-order valence-electron chi connectivity index (χ2n) is 11.0. The maximum Gasteiger partial charge on any atom is 0.253 e. The maximum atomic E-state index is 13.5. The number of benzene rings is 2. The molecule has 2 amide bonds. The van der Waals surface area contributed by atoms with Gasteiger partial charge in [-0.05, 0) is 84.5 Å². The molecule has 0 radical (unpaired) electrons. The molecule has 1 unspecified atom stereocenters. The monoisotopic (exact) mass is 528 g/mol. The van der Waals surface area contributed by atoms with E-state index in [1.165, 1.54) is 17.7 Å². The highest BCUT2D eigenvalue weighted by Crippen LogP contribution is 2.42. The highest BCUT2D eigenvalue weighted by molar-refractivity contribution is 6.31. The molecule has 2 fully saturated rings. The van der Waals surface area contributed by atoms with E-state index in [2.05, 4.69) is 33.4 Å². The van der Waals surface area contributed by atoms with E-state index in [0.29, 0.717) is 5.02 Å². The third-order valence-electron chi connectivity index (χ3n) is 8.69. The molecule has 6 rings (SSSR count). The minimum Gasteiger partial charge on any atom is -0.371 e. The van der Waals surface area contributed by atoms with Crippen LogP contribution in [0.3, 0.4) is 0 Å². The van der Waals surface area contributed by atoms with Gasteiger partial charge in [-0.2, -0.15) is 0 Å². The number of anilines is 1. The highest BCUT2D eigenvalue weighted by Gasteiger charge is 2.41. The van der Waals surface area contributed by atoms with Gasteiger partial charge >= 0.3 is 0 Å². The third-order valence-corrected chi connectivity index (χ3v) is 9.06. The number of aryl methyl sites for hydroxylation is 1. The summed E-state index contributed by atoms with van der Waals surface area (Å²) in [6.45, 7) is 3.69. The van der Waals surface area contributed by atoms with Gasteiger partial charge in [0.25, 0.3) is 5.91 Å². The van der Waals surface area contributed by atoms with Crippen molar-refractivity contribution < 1.29 is 9.59 Å². The Kier molecular flexibility index (Phi) is 6.83. The molecule has 3 aliphatic rings. The number of halogens is 1. The number of fused-ring (bicyclic) bond motifs is 1. The number of rotatable bonds is 5. The fourth-order valence-electron chi connectivity index (χ4n) is 6.43. The van der Waals surface area contributed by atoms with Crippen molar-refractivity contribution in [1.29, 1.82) is 0 Å². The van der Waals surface area contributed by atoms with Gasteiger partial charge in [-0.25, -0.2) is 0 Å². The number of amides is 2. The lowest BCUT2D eigenvalue weighted by Gasteiger charge is -2.39. The molecule has 2 aliphatic heterocycles. The largest absolute Gasteiger partial charge is 0.371 e. The predicted octanol–water partition coefficient (Wildman–Crippen LogP) is 5.21. The van der Waals surface area contributed by atoms with Crippen LogP contribution in [0.15, 0.2) is 67.0 Å². The van der Waals surface area contributed by atoms with E-state index in [0.717, 1.165) is 68.6 Å². The van der Waals surface area contributed by atoms with Crippen molar-refractivity contribution in [2.45, 2.75) is 44.6 Å². The van der Waals surface area contributed by atoms with Gasteiger partial charge < -0.3 is 15.1 Å². The first-order valence-corrected chi connectivity index (χ1v) is 14.0. The van der Waals surface area contributed by atoms with E-state index in [4.69, 9.17) is 11.6 Å². The smallest absolute Gasteiger partial charge is 0.253 e. The summed E-state index contributed by atoms with van der Waals surface area (Å²) in [4.78, 5) is 34.9. The van der Waals surface area contributed by atoms with Crippen LogP contribution in [-0.4, -0.2) is 47.9 Å². The Morgan fingerprint density at radius 1 is 1.00 bits per heavy atom. The minimum atomic E-state index is -0.0741. The molecule has 1 aliphatic carbocycles. The molecule has 2 saturated heterocycles. The van der Waals surface area contributed by atoms with Gasteiger partial charge in [0.15, 0.2) is 0 Å². The van der Waals surface area contributed by atoms with Crippen molar-refractivity contribution in [2.75, 3.05) is 31.1 Å². The normalized spacial score (nSPS) is 20.0. The van der Waals surface area contributed by atoms with Crippen molar-refractivity contribution in [3.05, 3.63) is 94.3 Å². The molecule has 3 heterocycles. The van der Waals surface area contributed by atoms with Crippen molar-refractivity contribution in [1.82, 2.24) is 15.2 Å². The van der Waals surface area contributed by atoms with Crippen LogP contribution >= 0.6 is 11.6 Å². The Bertz CT molecular complexity index is 1340. The summed E-state index contributed by atoms with van der Waals surface area (Å²) in [6.07, 6.45) is 8.95. The number of carbonyl (C=O) groups excluding carboxylic acids is 2. The zero-order chi connectivity index (χ0) is 26.1. The molecule has 3 aromatic rings. The Labute approximate surface area is 229 Å².